The molecule has 0 unspecified atom stereocenters. The van der Waals surface area contributed by atoms with Crippen molar-refractivity contribution in [2.75, 3.05) is 26.2 Å². The van der Waals surface area contributed by atoms with E-state index in [4.69, 9.17) is 19.8 Å². The van der Waals surface area contributed by atoms with Crippen LogP contribution in [0.4, 0.5) is 0 Å². The third-order valence-electron chi connectivity index (χ3n) is 6.68. The second-order valence-corrected chi connectivity index (χ2v) is 9.97. The third-order valence-corrected chi connectivity index (χ3v) is 6.68. The van der Waals surface area contributed by atoms with Gasteiger partial charge in [-0.05, 0) is 62.5 Å². The Balaban J connectivity index is 0.000000234. The normalized spacial score (nSPS) is 15.3. The van der Waals surface area contributed by atoms with Gasteiger partial charge in [0.25, 0.3) is 11.8 Å². The first-order chi connectivity index (χ1) is 19.3. The minimum atomic E-state index is -2.19. The van der Waals surface area contributed by atoms with Crippen molar-refractivity contribution in [1.82, 2.24) is 10.9 Å². The average molecular weight is 555 g/mol. The summed E-state index contributed by atoms with van der Waals surface area (Å²) in [6.07, 6.45) is 10.4. The SMILES string of the molecule is O=C(CCc1ccccc1)N[NH+]1CCCCC1.O=C(CCc1ccccc1)N[NH+]1CCCCC1.O=C([O-])C(=O)[O-]. The van der Waals surface area contributed by atoms with Gasteiger partial charge in [-0.3, -0.25) is 9.59 Å². The van der Waals surface area contributed by atoms with E-state index in [0.717, 1.165) is 39.0 Å². The van der Waals surface area contributed by atoms with Gasteiger partial charge in [0.1, 0.15) is 0 Å². The van der Waals surface area contributed by atoms with E-state index in [9.17, 15) is 9.59 Å². The molecule has 0 bridgehead atoms. The first-order valence-electron chi connectivity index (χ1n) is 14.1. The fraction of sp³-hybridized carbons (Fsp3) is 0.467. The predicted molar refractivity (Wildman–Crippen MR) is 145 cm³/mol. The number of aliphatic carboxylic acids is 2. The fourth-order valence-corrected chi connectivity index (χ4v) is 4.53. The van der Waals surface area contributed by atoms with Crippen LogP contribution in [-0.2, 0) is 32.0 Å². The first-order valence-corrected chi connectivity index (χ1v) is 14.1. The maximum absolute atomic E-state index is 11.8. The fourth-order valence-electron chi connectivity index (χ4n) is 4.53. The molecule has 2 heterocycles. The van der Waals surface area contributed by atoms with Crippen LogP contribution in [0.3, 0.4) is 0 Å². The number of amides is 2. The van der Waals surface area contributed by atoms with Gasteiger partial charge in [0.15, 0.2) is 0 Å². The Labute approximate surface area is 236 Å². The number of carbonyl (C=O) groups is 4. The molecular formula is C30H42N4O6. The molecule has 0 atom stereocenters. The molecule has 2 fully saturated rings. The average Bonchev–Trinajstić information content (AvgIpc) is 2.98. The Morgan fingerprint density at radius 3 is 1.18 bits per heavy atom. The molecule has 0 spiro atoms. The van der Waals surface area contributed by atoms with Gasteiger partial charge in [0, 0.05) is 12.8 Å². The van der Waals surface area contributed by atoms with Crippen molar-refractivity contribution in [3.8, 4) is 0 Å². The summed E-state index contributed by atoms with van der Waals surface area (Å²) in [7, 11) is 0. The number of rotatable bonds is 8. The maximum Gasteiger partial charge on any atom is 0.265 e. The summed E-state index contributed by atoms with van der Waals surface area (Å²) in [6.45, 7) is 4.32. The number of benzene rings is 2. The Morgan fingerprint density at radius 1 is 0.550 bits per heavy atom. The number of carboxylic acids is 2. The molecule has 2 amide bonds. The highest BCUT2D eigenvalue weighted by Crippen LogP contribution is 2.03. The Bertz CT molecular complexity index is 940. The zero-order valence-corrected chi connectivity index (χ0v) is 23.1. The van der Waals surface area contributed by atoms with Gasteiger partial charge in [-0.25, -0.2) is 20.9 Å². The van der Waals surface area contributed by atoms with Gasteiger partial charge in [-0.1, -0.05) is 60.7 Å². The molecule has 0 saturated carbocycles. The van der Waals surface area contributed by atoms with Gasteiger partial charge >= 0.3 is 0 Å². The lowest BCUT2D eigenvalue weighted by Gasteiger charge is -2.22. The quantitative estimate of drug-likeness (QED) is 0.276. The van der Waals surface area contributed by atoms with Crippen molar-refractivity contribution in [3.63, 3.8) is 0 Å². The van der Waals surface area contributed by atoms with E-state index >= 15 is 0 Å². The van der Waals surface area contributed by atoms with Crippen LogP contribution in [0.1, 0.15) is 62.5 Å². The zero-order valence-electron chi connectivity index (χ0n) is 23.1. The van der Waals surface area contributed by atoms with E-state index in [2.05, 4.69) is 35.1 Å². The lowest BCUT2D eigenvalue weighted by molar-refractivity contribution is -0.940. The molecule has 218 valence electrons. The topological polar surface area (TPSA) is 147 Å². The Morgan fingerprint density at radius 2 is 0.875 bits per heavy atom. The minimum absolute atomic E-state index is 0.172. The third kappa shape index (κ3) is 15.0. The van der Waals surface area contributed by atoms with E-state index in [0.29, 0.717) is 12.8 Å². The van der Waals surface area contributed by atoms with Crippen LogP contribution >= 0.6 is 0 Å². The smallest absolute Gasteiger partial charge is 0.265 e. The molecule has 4 rings (SSSR count). The van der Waals surface area contributed by atoms with Crippen molar-refractivity contribution < 1.29 is 39.4 Å². The molecule has 2 aromatic carbocycles. The molecule has 2 aliphatic heterocycles. The van der Waals surface area contributed by atoms with Crippen molar-refractivity contribution in [2.24, 2.45) is 0 Å². The van der Waals surface area contributed by atoms with E-state index in [1.165, 1.54) is 59.7 Å². The van der Waals surface area contributed by atoms with Crippen LogP contribution in [0, 0.1) is 0 Å². The standard InChI is InChI=1S/2C14H20N2O.C2H2O4/c2*17-14(15-16-11-5-2-6-12-16)10-9-13-7-3-1-4-8-13;3-1(4)2(5)6/h2*1,3-4,7-8H,2,5-6,9-12H2,(H,15,17);(H,3,4)(H,5,6). The molecule has 10 nitrogen and oxygen atoms in total. The van der Waals surface area contributed by atoms with Crippen LogP contribution in [-0.4, -0.2) is 49.9 Å². The number of aryl methyl sites for hydroxylation is 2. The van der Waals surface area contributed by atoms with Gasteiger partial charge < -0.3 is 19.8 Å². The van der Waals surface area contributed by atoms with Crippen molar-refractivity contribution in [1.29, 1.82) is 0 Å². The number of quaternary nitrogens is 2. The predicted octanol–water partition coefficient (Wildman–Crippen LogP) is -2.08. The monoisotopic (exact) mass is 554 g/mol. The highest BCUT2D eigenvalue weighted by atomic mass is 16.4. The van der Waals surface area contributed by atoms with Crippen molar-refractivity contribution in [3.05, 3.63) is 71.8 Å². The molecule has 2 aliphatic rings. The summed E-state index contributed by atoms with van der Waals surface area (Å²) in [5.41, 5.74) is 8.60. The summed E-state index contributed by atoms with van der Waals surface area (Å²) in [5, 5.41) is 20.3. The summed E-state index contributed by atoms with van der Waals surface area (Å²) in [5.74, 6) is -4.03. The first kappa shape index (κ1) is 32.5. The summed E-state index contributed by atoms with van der Waals surface area (Å²) in [4.78, 5) is 41.4. The summed E-state index contributed by atoms with van der Waals surface area (Å²) < 4.78 is 0. The molecule has 2 saturated heterocycles. The van der Waals surface area contributed by atoms with Gasteiger partial charge in [0.05, 0.1) is 38.1 Å². The van der Waals surface area contributed by atoms with Crippen LogP contribution in [0.5, 0.6) is 0 Å². The molecule has 4 N–H and O–H groups in total. The zero-order chi connectivity index (χ0) is 29.0. The van der Waals surface area contributed by atoms with Crippen molar-refractivity contribution in [2.45, 2.75) is 64.2 Å². The van der Waals surface area contributed by atoms with Crippen LogP contribution in [0.15, 0.2) is 60.7 Å². The number of nitrogens with one attached hydrogen (secondary N) is 4. The number of carboxylic acid groups (broad SMARTS) is 2. The second kappa shape index (κ2) is 19.3. The highest BCUT2D eigenvalue weighted by Gasteiger charge is 2.17. The molecule has 0 aliphatic carbocycles. The molecule has 0 radical (unpaired) electrons. The number of carbonyl (C=O) groups excluding carboxylic acids is 4. The van der Waals surface area contributed by atoms with Crippen LogP contribution in [0.2, 0.25) is 0 Å². The van der Waals surface area contributed by atoms with E-state index in [1.807, 2.05) is 36.4 Å². The number of hydrogen-bond acceptors (Lipinski definition) is 6. The second-order valence-electron chi connectivity index (χ2n) is 9.97. The van der Waals surface area contributed by atoms with Gasteiger partial charge in [0.2, 0.25) is 0 Å². The van der Waals surface area contributed by atoms with Crippen LogP contribution < -0.4 is 31.1 Å². The van der Waals surface area contributed by atoms with E-state index in [-0.39, 0.29) is 11.8 Å². The van der Waals surface area contributed by atoms with Crippen molar-refractivity contribution >= 4 is 23.8 Å². The lowest BCUT2D eigenvalue weighted by Crippen LogP contribution is -3.19. The van der Waals surface area contributed by atoms with Gasteiger partial charge in [-0.15, -0.1) is 0 Å². The van der Waals surface area contributed by atoms with E-state index in [1.54, 1.807) is 0 Å². The molecule has 40 heavy (non-hydrogen) atoms. The molecule has 10 heteroatoms. The minimum Gasteiger partial charge on any atom is -0.543 e. The molecular weight excluding hydrogens is 512 g/mol. The molecule has 0 aromatic heterocycles. The van der Waals surface area contributed by atoms with Crippen LogP contribution in [0.25, 0.3) is 0 Å². The highest BCUT2D eigenvalue weighted by molar-refractivity contribution is 6.25. The Kier molecular flexibility index (Phi) is 15.7. The summed E-state index contributed by atoms with van der Waals surface area (Å²) >= 11 is 0. The largest absolute Gasteiger partial charge is 0.543 e. The number of piperidine rings is 2. The maximum atomic E-state index is 11.8. The van der Waals surface area contributed by atoms with E-state index < -0.39 is 11.9 Å². The molecule has 2 aromatic rings. The number of hydrogen-bond donors (Lipinski definition) is 4. The summed E-state index contributed by atoms with van der Waals surface area (Å²) in [6, 6.07) is 20.4. The lowest BCUT2D eigenvalue weighted by atomic mass is 10.1. The Hall–Kier alpha value is -3.76. The van der Waals surface area contributed by atoms with Gasteiger partial charge in [-0.2, -0.15) is 0 Å².